The first-order valence-electron chi connectivity index (χ1n) is 6.39. The highest BCUT2D eigenvalue weighted by atomic mass is 15.1. The first kappa shape index (κ1) is 11.0. The lowest BCUT2D eigenvalue weighted by Crippen LogP contribution is -2.08. The highest BCUT2D eigenvalue weighted by Crippen LogP contribution is 2.20. The summed E-state index contributed by atoms with van der Waals surface area (Å²) in [5.74, 6) is 0. The SMILES string of the molecule is N#Cc1ccc(Cn2cnc3c2CCCC3)cc1. The number of imidazole rings is 1. The van der Waals surface area contributed by atoms with E-state index in [0.717, 1.165) is 19.4 Å². The number of fused-ring (bicyclic) bond motifs is 1. The largest absolute Gasteiger partial charge is 0.330 e. The van der Waals surface area contributed by atoms with Crippen LogP contribution in [0.25, 0.3) is 0 Å². The molecule has 0 fully saturated rings. The van der Waals surface area contributed by atoms with Gasteiger partial charge in [-0.1, -0.05) is 12.1 Å². The summed E-state index contributed by atoms with van der Waals surface area (Å²) < 4.78 is 2.25. The number of hydrogen-bond donors (Lipinski definition) is 0. The van der Waals surface area contributed by atoms with Gasteiger partial charge in [0, 0.05) is 12.2 Å². The number of nitrogens with zero attached hydrogens (tertiary/aromatic N) is 3. The molecule has 0 N–H and O–H groups in total. The highest BCUT2D eigenvalue weighted by molar-refractivity contribution is 5.32. The summed E-state index contributed by atoms with van der Waals surface area (Å²) in [5, 5.41) is 8.78. The minimum atomic E-state index is 0.714. The van der Waals surface area contributed by atoms with Crippen LogP contribution in [0.4, 0.5) is 0 Å². The highest BCUT2D eigenvalue weighted by Gasteiger charge is 2.14. The molecule has 1 aliphatic carbocycles. The zero-order valence-electron chi connectivity index (χ0n) is 10.3. The maximum atomic E-state index is 8.78. The number of aryl methyl sites for hydroxylation is 1. The molecule has 3 nitrogen and oxygen atoms in total. The molecule has 1 aromatic heterocycles. The zero-order valence-corrected chi connectivity index (χ0v) is 10.3. The minimum absolute atomic E-state index is 0.714. The van der Waals surface area contributed by atoms with Gasteiger partial charge in [0.1, 0.15) is 0 Å². The van der Waals surface area contributed by atoms with Gasteiger partial charge in [0.15, 0.2) is 0 Å². The fourth-order valence-corrected chi connectivity index (χ4v) is 2.55. The van der Waals surface area contributed by atoms with E-state index in [1.165, 1.54) is 29.8 Å². The molecule has 0 saturated carbocycles. The molecular weight excluding hydrogens is 222 g/mol. The number of nitriles is 1. The number of hydrogen-bond acceptors (Lipinski definition) is 2. The molecule has 18 heavy (non-hydrogen) atoms. The van der Waals surface area contributed by atoms with Crippen molar-refractivity contribution in [1.29, 1.82) is 5.26 Å². The van der Waals surface area contributed by atoms with E-state index in [9.17, 15) is 0 Å². The molecule has 3 heteroatoms. The third kappa shape index (κ3) is 2.02. The first-order chi connectivity index (χ1) is 8.86. The van der Waals surface area contributed by atoms with Gasteiger partial charge in [0.25, 0.3) is 0 Å². The van der Waals surface area contributed by atoms with Crippen molar-refractivity contribution in [2.75, 3.05) is 0 Å². The van der Waals surface area contributed by atoms with E-state index in [1.54, 1.807) is 0 Å². The van der Waals surface area contributed by atoms with E-state index in [4.69, 9.17) is 5.26 Å². The van der Waals surface area contributed by atoms with Gasteiger partial charge < -0.3 is 4.57 Å². The fraction of sp³-hybridized carbons (Fsp3) is 0.333. The van der Waals surface area contributed by atoms with Gasteiger partial charge in [0.2, 0.25) is 0 Å². The Balaban J connectivity index is 1.83. The third-order valence-corrected chi connectivity index (χ3v) is 3.55. The van der Waals surface area contributed by atoms with Crippen LogP contribution in [0.3, 0.4) is 0 Å². The maximum Gasteiger partial charge on any atom is 0.0991 e. The summed E-state index contributed by atoms with van der Waals surface area (Å²) >= 11 is 0. The molecule has 0 aliphatic heterocycles. The molecule has 2 aromatic rings. The van der Waals surface area contributed by atoms with E-state index in [0.29, 0.717) is 5.56 Å². The van der Waals surface area contributed by atoms with E-state index in [-0.39, 0.29) is 0 Å². The van der Waals surface area contributed by atoms with Crippen LogP contribution < -0.4 is 0 Å². The Morgan fingerprint density at radius 2 is 1.94 bits per heavy atom. The third-order valence-electron chi connectivity index (χ3n) is 3.55. The second-order valence-corrected chi connectivity index (χ2v) is 4.78. The molecule has 1 aromatic carbocycles. The number of rotatable bonds is 2. The number of aromatic nitrogens is 2. The lowest BCUT2D eigenvalue weighted by molar-refractivity contribution is 0.628. The molecular formula is C15H15N3. The standard InChI is InChI=1S/C15H15N3/c16-9-12-5-7-13(8-6-12)10-18-11-17-14-3-1-2-4-15(14)18/h5-8,11H,1-4,10H2. The van der Waals surface area contributed by atoms with E-state index < -0.39 is 0 Å². The smallest absolute Gasteiger partial charge is 0.0991 e. The monoisotopic (exact) mass is 237 g/mol. The molecule has 0 atom stereocenters. The summed E-state index contributed by atoms with van der Waals surface area (Å²) in [5.41, 5.74) is 4.60. The molecule has 0 radical (unpaired) electrons. The lowest BCUT2D eigenvalue weighted by Gasteiger charge is -2.14. The van der Waals surface area contributed by atoms with Crippen LogP contribution in [-0.2, 0) is 19.4 Å². The van der Waals surface area contributed by atoms with Crippen molar-refractivity contribution in [3.63, 3.8) is 0 Å². The van der Waals surface area contributed by atoms with E-state index in [1.807, 2.05) is 30.6 Å². The quantitative estimate of drug-likeness (QED) is 0.805. The Hall–Kier alpha value is -2.08. The molecule has 0 unspecified atom stereocenters. The molecule has 0 amide bonds. The predicted octanol–water partition coefficient (Wildman–Crippen LogP) is 2.68. The first-order valence-corrected chi connectivity index (χ1v) is 6.39. The van der Waals surface area contributed by atoms with Crippen molar-refractivity contribution in [3.8, 4) is 6.07 Å². The Morgan fingerprint density at radius 3 is 2.72 bits per heavy atom. The van der Waals surface area contributed by atoms with Crippen LogP contribution >= 0.6 is 0 Å². The Labute approximate surface area is 107 Å². The van der Waals surface area contributed by atoms with Gasteiger partial charge in [-0.25, -0.2) is 4.98 Å². The van der Waals surface area contributed by atoms with Gasteiger partial charge in [-0.2, -0.15) is 5.26 Å². The van der Waals surface area contributed by atoms with Crippen LogP contribution in [0.15, 0.2) is 30.6 Å². The summed E-state index contributed by atoms with van der Waals surface area (Å²) in [7, 11) is 0. The summed E-state index contributed by atoms with van der Waals surface area (Å²) in [6.45, 7) is 0.855. The van der Waals surface area contributed by atoms with Gasteiger partial charge in [0.05, 0.1) is 23.7 Å². The van der Waals surface area contributed by atoms with Crippen LogP contribution in [-0.4, -0.2) is 9.55 Å². The molecule has 3 rings (SSSR count). The average Bonchev–Trinajstić information content (AvgIpc) is 2.83. The van der Waals surface area contributed by atoms with E-state index >= 15 is 0 Å². The normalized spacial score (nSPS) is 13.9. The van der Waals surface area contributed by atoms with Crippen molar-refractivity contribution in [2.24, 2.45) is 0 Å². The molecule has 0 saturated heterocycles. The van der Waals surface area contributed by atoms with E-state index in [2.05, 4.69) is 15.6 Å². The summed E-state index contributed by atoms with van der Waals surface area (Å²) in [6.07, 6.45) is 6.75. The van der Waals surface area contributed by atoms with Crippen LogP contribution in [0.2, 0.25) is 0 Å². The Kier molecular flexibility index (Phi) is 2.85. The van der Waals surface area contributed by atoms with Gasteiger partial charge in [-0.3, -0.25) is 0 Å². The molecule has 0 spiro atoms. The minimum Gasteiger partial charge on any atom is -0.330 e. The fourth-order valence-electron chi connectivity index (χ4n) is 2.55. The summed E-state index contributed by atoms with van der Waals surface area (Å²) in [6, 6.07) is 9.93. The maximum absolute atomic E-state index is 8.78. The Morgan fingerprint density at radius 1 is 1.17 bits per heavy atom. The van der Waals surface area contributed by atoms with Gasteiger partial charge in [-0.15, -0.1) is 0 Å². The topological polar surface area (TPSA) is 41.6 Å². The van der Waals surface area contributed by atoms with Crippen molar-refractivity contribution in [3.05, 3.63) is 53.1 Å². The predicted molar refractivity (Wildman–Crippen MR) is 69.1 cm³/mol. The zero-order chi connectivity index (χ0) is 12.4. The van der Waals surface area contributed by atoms with Crippen molar-refractivity contribution in [1.82, 2.24) is 9.55 Å². The van der Waals surface area contributed by atoms with Gasteiger partial charge in [-0.05, 0) is 43.4 Å². The molecule has 1 heterocycles. The van der Waals surface area contributed by atoms with Crippen LogP contribution in [0, 0.1) is 11.3 Å². The van der Waals surface area contributed by atoms with Crippen LogP contribution in [0.5, 0.6) is 0 Å². The average molecular weight is 237 g/mol. The lowest BCUT2D eigenvalue weighted by atomic mass is 10.0. The molecule has 90 valence electrons. The van der Waals surface area contributed by atoms with Crippen molar-refractivity contribution < 1.29 is 0 Å². The molecule has 0 bridgehead atoms. The summed E-state index contributed by atoms with van der Waals surface area (Å²) in [4.78, 5) is 4.50. The Bertz CT molecular complexity index is 587. The van der Waals surface area contributed by atoms with Crippen molar-refractivity contribution >= 4 is 0 Å². The second kappa shape index (κ2) is 4.66. The van der Waals surface area contributed by atoms with Gasteiger partial charge >= 0.3 is 0 Å². The second-order valence-electron chi connectivity index (χ2n) is 4.78. The number of benzene rings is 1. The van der Waals surface area contributed by atoms with Crippen molar-refractivity contribution in [2.45, 2.75) is 32.2 Å². The van der Waals surface area contributed by atoms with Crippen LogP contribution in [0.1, 0.15) is 35.4 Å². The molecule has 1 aliphatic rings.